The van der Waals surface area contributed by atoms with Crippen LogP contribution < -0.4 is 0 Å². The van der Waals surface area contributed by atoms with E-state index in [2.05, 4.69) is 10.4 Å². The van der Waals surface area contributed by atoms with Gasteiger partial charge >= 0.3 is 8.25 Å². The summed E-state index contributed by atoms with van der Waals surface area (Å²) >= 11 is 0. The van der Waals surface area contributed by atoms with Gasteiger partial charge in [-0.1, -0.05) is 25.0 Å². The van der Waals surface area contributed by atoms with Crippen LogP contribution in [0.4, 0.5) is 0 Å². The fourth-order valence-corrected chi connectivity index (χ4v) is 0.952. The number of rotatable bonds is 5. The van der Waals surface area contributed by atoms with E-state index in [0.29, 0.717) is 0 Å². The van der Waals surface area contributed by atoms with Crippen LogP contribution >= 0.6 is 8.25 Å². The van der Waals surface area contributed by atoms with Crippen LogP contribution in [0.2, 0.25) is 0 Å². The molecule has 0 spiro atoms. The summed E-state index contributed by atoms with van der Waals surface area (Å²) in [7, 11) is -2.50. The van der Waals surface area contributed by atoms with Gasteiger partial charge in [0.05, 0.1) is 0 Å². The van der Waals surface area contributed by atoms with E-state index in [9.17, 15) is 4.57 Å². The van der Waals surface area contributed by atoms with Gasteiger partial charge in [0.2, 0.25) is 0 Å². The summed E-state index contributed by atoms with van der Waals surface area (Å²) in [5.74, 6) is 2.89. The topological polar surface area (TPSA) is 46.5 Å². The summed E-state index contributed by atoms with van der Waals surface area (Å²) in [6.07, 6.45) is 8.95. The first kappa shape index (κ1) is 13.3. The molecule has 0 aromatic heterocycles. The first-order chi connectivity index (χ1) is 6.40. The minimum Gasteiger partial charge on any atom is -0.133 e. The summed E-state index contributed by atoms with van der Waals surface area (Å²) < 4.78 is 14.6. The molecule has 1 N–H and O–H groups in total. The van der Waals surface area contributed by atoms with Crippen LogP contribution in [0, 0.1) is 23.7 Å². The predicted octanol–water partition coefficient (Wildman–Crippen LogP) is 2.50. The van der Waals surface area contributed by atoms with Crippen molar-refractivity contribution in [1.29, 1.82) is 0 Å². The Bertz CT molecular complexity index is 263. The summed E-state index contributed by atoms with van der Waals surface area (Å²) in [6, 6.07) is 0. The molecule has 0 amide bonds. The molecule has 0 radical (unpaired) electrons. The molecule has 2 atom stereocenters. The first-order valence-electron chi connectivity index (χ1n) is 4.33. The van der Waals surface area contributed by atoms with Crippen LogP contribution in [-0.2, 0) is 9.09 Å². The normalized spacial score (nSPS) is 15.2. The second kappa shape index (κ2) is 5.93. The van der Waals surface area contributed by atoms with Crippen molar-refractivity contribution in [2.45, 2.75) is 20.8 Å². The van der Waals surface area contributed by atoms with Gasteiger partial charge in [-0.05, 0) is 19.8 Å². The molecule has 0 aromatic rings. The van der Waals surface area contributed by atoms with Crippen molar-refractivity contribution in [1.82, 2.24) is 0 Å². The van der Waals surface area contributed by atoms with Crippen molar-refractivity contribution in [3.8, 4) is 12.3 Å². The maximum atomic E-state index is 10.2. The number of hydrogen-bond donors (Lipinski definition) is 1. The smallest absolute Gasteiger partial charge is 0.133 e. The minimum absolute atomic E-state index is 0.136. The van der Waals surface area contributed by atoms with Gasteiger partial charge in [-0.15, -0.1) is 15.8 Å². The summed E-state index contributed by atoms with van der Waals surface area (Å²) in [6.45, 7) is 6.07. The van der Waals surface area contributed by atoms with Crippen molar-refractivity contribution < 1.29 is 14.0 Å². The second-order valence-corrected chi connectivity index (χ2v) is 4.35. The van der Waals surface area contributed by atoms with Gasteiger partial charge in [-0.3, -0.25) is 0 Å². The zero-order valence-electron chi connectivity index (χ0n) is 8.73. The molecule has 0 saturated carbocycles. The SMILES string of the molecule is C#CC(C)(C)C(C)C=CCO[P+](=O)O. The lowest BCUT2D eigenvalue weighted by molar-refractivity contribution is 0.310. The van der Waals surface area contributed by atoms with Crippen molar-refractivity contribution in [3.63, 3.8) is 0 Å². The minimum atomic E-state index is -2.50. The molecule has 0 heterocycles. The molecular weight excluding hydrogens is 199 g/mol. The largest absolute Gasteiger partial charge is 0.695 e. The standard InChI is InChI=1S/C10H15O3P/c1-5-10(3,4)9(2)7-6-8-13-14(11)12/h1,6-7,9H,8H2,2-4H3/p+1. The van der Waals surface area contributed by atoms with Crippen LogP contribution in [0.3, 0.4) is 0 Å². The Morgan fingerprint density at radius 3 is 2.71 bits per heavy atom. The zero-order chi connectivity index (χ0) is 11.2. The third-order valence-electron chi connectivity index (χ3n) is 2.22. The van der Waals surface area contributed by atoms with E-state index in [1.807, 2.05) is 26.8 Å². The Hall–Kier alpha value is -0.680. The monoisotopic (exact) mass is 215 g/mol. The van der Waals surface area contributed by atoms with Gasteiger partial charge in [-0.25, -0.2) is 0 Å². The molecule has 0 fully saturated rings. The molecule has 4 heteroatoms. The average molecular weight is 215 g/mol. The molecule has 3 nitrogen and oxygen atoms in total. The Kier molecular flexibility index (Phi) is 5.64. The molecule has 2 unspecified atom stereocenters. The maximum absolute atomic E-state index is 10.2. The molecule has 0 aliphatic heterocycles. The highest BCUT2D eigenvalue weighted by Gasteiger charge is 2.20. The Morgan fingerprint density at radius 1 is 1.71 bits per heavy atom. The van der Waals surface area contributed by atoms with Gasteiger partial charge in [0.25, 0.3) is 0 Å². The molecule has 0 aliphatic rings. The van der Waals surface area contributed by atoms with Gasteiger partial charge in [-0.2, -0.15) is 0 Å². The highest BCUT2D eigenvalue weighted by atomic mass is 31.1. The van der Waals surface area contributed by atoms with Crippen molar-refractivity contribution in [2.75, 3.05) is 6.61 Å². The number of hydrogen-bond acceptors (Lipinski definition) is 2. The van der Waals surface area contributed by atoms with E-state index in [0.717, 1.165) is 0 Å². The van der Waals surface area contributed by atoms with E-state index in [1.165, 1.54) is 0 Å². The quantitative estimate of drug-likeness (QED) is 0.435. The van der Waals surface area contributed by atoms with E-state index in [4.69, 9.17) is 11.3 Å². The Labute approximate surface area is 86.1 Å². The molecule has 78 valence electrons. The third kappa shape index (κ3) is 5.14. The summed E-state index contributed by atoms with van der Waals surface area (Å²) in [4.78, 5) is 8.34. The summed E-state index contributed by atoms with van der Waals surface area (Å²) in [5, 5.41) is 0. The third-order valence-corrected chi connectivity index (χ3v) is 2.59. The molecule has 14 heavy (non-hydrogen) atoms. The van der Waals surface area contributed by atoms with Gasteiger partial charge in [0.1, 0.15) is 6.61 Å². The molecule has 0 rings (SSSR count). The van der Waals surface area contributed by atoms with E-state index in [1.54, 1.807) is 6.08 Å². The van der Waals surface area contributed by atoms with Crippen LogP contribution in [0.15, 0.2) is 12.2 Å². The van der Waals surface area contributed by atoms with E-state index >= 15 is 0 Å². The van der Waals surface area contributed by atoms with Crippen LogP contribution in [-0.4, -0.2) is 11.5 Å². The Morgan fingerprint density at radius 2 is 2.29 bits per heavy atom. The molecule has 0 aliphatic carbocycles. The second-order valence-electron chi connectivity index (χ2n) is 3.62. The van der Waals surface area contributed by atoms with Crippen molar-refractivity contribution in [2.24, 2.45) is 11.3 Å². The van der Waals surface area contributed by atoms with Crippen LogP contribution in [0.25, 0.3) is 0 Å². The molecule has 0 saturated heterocycles. The highest BCUT2D eigenvalue weighted by Crippen LogP contribution is 2.26. The van der Waals surface area contributed by atoms with Gasteiger partial charge in [0.15, 0.2) is 0 Å². The highest BCUT2D eigenvalue weighted by molar-refractivity contribution is 7.32. The average Bonchev–Trinajstić information content (AvgIpc) is 2.11. The maximum Gasteiger partial charge on any atom is 0.695 e. The number of terminal acetylenes is 1. The van der Waals surface area contributed by atoms with Gasteiger partial charge < -0.3 is 0 Å². The predicted molar refractivity (Wildman–Crippen MR) is 56.7 cm³/mol. The molecular formula is C10H16O3P+. The lowest BCUT2D eigenvalue weighted by Gasteiger charge is -2.22. The van der Waals surface area contributed by atoms with Crippen LogP contribution in [0.1, 0.15) is 20.8 Å². The zero-order valence-corrected chi connectivity index (χ0v) is 9.62. The Balaban J connectivity index is 4.01. The molecule has 0 aromatic carbocycles. The van der Waals surface area contributed by atoms with Crippen molar-refractivity contribution >= 4 is 8.25 Å². The lowest BCUT2D eigenvalue weighted by Crippen LogP contribution is -2.17. The first-order valence-corrected chi connectivity index (χ1v) is 5.46. The number of allylic oxidation sites excluding steroid dienone is 1. The lowest BCUT2D eigenvalue weighted by atomic mass is 9.81. The van der Waals surface area contributed by atoms with Crippen LogP contribution in [0.5, 0.6) is 0 Å². The van der Waals surface area contributed by atoms with Gasteiger partial charge in [0, 0.05) is 9.98 Å². The van der Waals surface area contributed by atoms with Crippen molar-refractivity contribution in [3.05, 3.63) is 12.2 Å². The van der Waals surface area contributed by atoms with E-state index < -0.39 is 8.25 Å². The van der Waals surface area contributed by atoms with E-state index in [-0.39, 0.29) is 17.9 Å². The fraction of sp³-hybridized carbons (Fsp3) is 0.600. The summed E-state index contributed by atoms with van der Waals surface area (Å²) in [5.41, 5.74) is -0.210. The fourth-order valence-electron chi connectivity index (χ4n) is 0.738. The molecule has 0 bridgehead atoms.